The molecule has 1 rings (SSSR count). The monoisotopic (exact) mass is 396 g/mol. The van der Waals surface area contributed by atoms with Gasteiger partial charge in [0.25, 0.3) is 0 Å². The Labute approximate surface area is 149 Å². The van der Waals surface area contributed by atoms with Crippen molar-refractivity contribution in [3.63, 3.8) is 0 Å². The van der Waals surface area contributed by atoms with E-state index in [0.29, 0.717) is 0 Å². The quantitative estimate of drug-likeness (QED) is 0.643. The molecule has 0 aliphatic carbocycles. The number of rotatable bonds is 7. The minimum atomic E-state index is -1.94. The van der Waals surface area contributed by atoms with Crippen LogP contribution in [0.1, 0.15) is 0 Å². The van der Waals surface area contributed by atoms with E-state index in [1.807, 2.05) is 0 Å². The molecule has 1 heterocycles. The van der Waals surface area contributed by atoms with Gasteiger partial charge in [-0.3, -0.25) is 0 Å². The molecule has 0 aromatic carbocycles. The highest BCUT2D eigenvalue weighted by Gasteiger charge is 2.50. The van der Waals surface area contributed by atoms with Gasteiger partial charge >= 0.3 is 0 Å². The maximum absolute atomic E-state index is 10.5. The number of hydrogen-bond acceptors (Lipinski definition) is 6. The first-order valence-electron chi connectivity index (χ1n) is 8.61. The van der Waals surface area contributed by atoms with Gasteiger partial charge in [-0.1, -0.05) is 0 Å². The molecule has 0 spiro atoms. The summed E-state index contributed by atoms with van der Waals surface area (Å²) in [5, 5.41) is 20.2. The van der Waals surface area contributed by atoms with Crippen molar-refractivity contribution in [2.24, 2.45) is 0 Å². The first-order chi connectivity index (χ1) is 10.6. The summed E-state index contributed by atoms with van der Waals surface area (Å²) in [5.41, 5.74) is 0. The zero-order valence-corrected chi connectivity index (χ0v) is 19.6. The van der Waals surface area contributed by atoms with Crippen LogP contribution in [0.2, 0.25) is 58.9 Å². The predicted octanol–water partition coefficient (Wildman–Crippen LogP) is 2.36. The second kappa shape index (κ2) is 7.97. The molecule has 1 aliphatic rings. The van der Waals surface area contributed by atoms with Crippen molar-refractivity contribution in [2.45, 2.75) is 89.6 Å². The Hall–Kier alpha value is 0.411. The molecule has 144 valence electrons. The summed E-state index contributed by atoms with van der Waals surface area (Å²) in [6, 6.07) is 0. The van der Waals surface area contributed by atoms with E-state index in [4.69, 9.17) is 18.0 Å². The molecule has 5 atom stereocenters. The van der Waals surface area contributed by atoms with Crippen LogP contribution in [-0.2, 0) is 18.0 Å². The van der Waals surface area contributed by atoms with Gasteiger partial charge in [-0.15, -0.1) is 0 Å². The molecule has 1 fully saturated rings. The molecule has 0 aromatic rings. The zero-order valence-electron chi connectivity index (χ0n) is 16.6. The summed E-state index contributed by atoms with van der Waals surface area (Å²) >= 11 is 0. The molecule has 24 heavy (non-hydrogen) atoms. The van der Waals surface area contributed by atoms with Crippen molar-refractivity contribution in [1.29, 1.82) is 0 Å². The van der Waals surface area contributed by atoms with Gasteiger partial charge < -0.3 is 28.2 Å². The smallest absolute Gasteiger partial charge is 0.184 e. The first-order valence-corrected chi connectivity index (χ1v) is 18.8. The van der Waals surface area contributed by atoms with Gasteiger partial charge in [0.2, 0.25) is 0 Å². The molecule has 6 nitrogen and oxygen atoms in total. The molecule has 0 unspecified atom stereocenters. The fourth-order valence-corrected chi connectivity index (χ4v) is 5.92. The molecule has 0 amide bonds. The molecule has 1 saturated heterocycles. The summed E-state index contributed by atoms with van der Waals surface area (Å²) < 4.78 is 24.5. The third kappa shape index (κ3) is 7.34. The van der Waals surface area contributed by atoms with Crippen molar-refractivity contribution in [3.05, 3.63) is 0 Å². The lowest BCUT2D eigenvalue weighted by atomic mass is 9.99. The molecule has 0 aromatic heterocycles. The number of ether oxygens (including phenoxy) is 1. The van der Waals surface area contributed by atoms with Crippen molar-refractivity contribution >= 4 is 25.0 Å². The Kier molecular flexibility index (Phi) is 7.46. The van der Waals surface area contributed by atoms with E-state index in [2.05, 4.69) is 58.9 Å². The van der Waals surface area contributed by atoms with Crippen LogP contribution in [0, 0.1) is 0 Å². The lowest BCUT2D eigenvalue weighted by molar-refractivity contribution is -0.275. The van der Waals surface area contributed by atoms with Gasteiger partial charge in [0.1, 0.15) is 24.4 Å². The predicted molar refractivity (Wildman–Crippen MR) is 103 cm³/mol. The minimum Gasteiger partial charge on any atom is -0.409 e. The first kappa shape index (κ1) is 22.5. The summed E-state index contributed by atoms with van der Waals surface area (Å²) in [6.07, 6.45) is -3.24. The summed E-state index contributed by atoms with van der Waals surface area (Å²) in [4.78, 5) is 0. The van der Waals surface area contributed by atoms with E-state index in [9.17, 15) is 10.2 Å². The Morgan fingerprint density at radius 3 is 1.46 bits per heavy atom. The van der Waals surface area contributed by atoms with Crippen LogP contribution >= 0.6 is 0 Å². The Bertz CT molecular complexity index is 401. The highest BCUT2D eigenvalue weighted by atomic mass is 28.4. The Balaban J connectivity index is 3.20. The fourth-order valence-electron chi connectivity index (χ4n) is 2.67. The molecule has 2 N–H and O–H groups in total. The second-order valence-corrected chi connectivity index (χ2v) is 22.7. The van der Waals surface area contributed by atoms with Gasteiger partial charge in [-0.05, 0) is 58.9 Å². The van der Waals surface area contributed by atoms with Crippen molar-refractivity contribution in [3.8, 4) is 0 Å². The van der Waals surface area contributed by atoms with Gasteiger partial charge in [0.15, 0.2) is 31.2 Å². The molecule has 9 heteroatoms. The van der Waals surface area contributed by atoms with Crippen LogP contribution in [0.5, 0.6) is 0 Å². The van der Waals surface area contributed by atoms with E-state index >= 15 is 0 Å². The minimum absolute atomic E-state index is 0.225. The van der Waals surface area contributed by atoms with Crippen LogP contribution in [0.4, 0.5) is 0 Å². The van der Waals surface area contributed by atoms with E-state index in [0.717, 1.165) is 0 Å². The standard InChI is InChI=1S/C15H36O6Si3/c1-22(2,3)19-12-11(10-16)18-15(17)14(21-24(7,8)9)13(12)20-23(4,5)6/h11-17H,10H2,1-9H3/t11-,12+,13+,14-,15+/m1/s1. The highest BCUT2D eigenvalue weighted by molar-refractivity contribution is 6.70. The molecule has 0 bridgehead atoms. The number of aliphatic hydroxyl groups is 2. The van der Waals surface area contributed by atoms with Gasteiger partial charge in [0.05, 0.1) is 6.61 Å². The molecule has 0 radical (unpaired) electrons. The van der Waals surface area contributed by atoms with Gasteiger partial charge in [0, 0.05) is 0 Å². The Morgan fingerprint density at radius 1 is 0.708 bits per heavy atom. The van der Waals surface area contributed by atoms with Gasteiger partial charge in [-0.2, -0.15) is 0 Å². The fraction of sp³-hybridized carbons (Fsp3) is 1.00. The summed E-state index contributed by atoms with van der Waals surface area (Å²) in [5.74, 6) is 0. The zero-order chi connectivity index (χ0) is 18.9. The second-order valence-electron chi connectivity index (χ2n) is 9.33. The van der Waals surface area contributed by atoms with Gasteiger partial charge in [-0.25, -0.2) is 0 Å². The summed E-state index contributed by atoms with van der Waals surface area (Å²) in [6.45, 7) is 18.5. The molecular formula is C15H36O6Si3. The average molecular weight is 397 g/mol. The molecule has 1 aliphatic heterocycles. The largest absolute Gasteiger partial charge is 0.409 e. The van der Waals surface area contributed by atoms with E-state index < -0.39 is 55.7 Å². The maximum atomic E-state index is 10.5. The maximum Gasteiger partial charge on any atom is 0.184 e. The van der Waals surface area contributed by atoms with Crippen molar-refractivity contribution < 1.29 is 28.2 Å². The molecule has 0 saturated carbocycles. The number of hydrogen-bond donors (Lipinski definition) is 2. The Morgan fingerprint density at radius 2 is 1.08 bits per heavy atom. The highest BCUT2D eigenvalue weighted by Crippen LogP contribution is 2.32. The lowest BCUT2D eigenvalue weighted by Gasteiger charge is -2.49. The SMILES string of the molecule is C[Si](C)(C)O[C@@H]1[C@@H](O[Si](C)(C)C)[C@@H](O)O[C@H](CO)[C@@H]1O[Si](C)(C)C. The van der Waals surface area contributed by atoms with E-state index in [1.54, 1.807) is 0 Å². The normalized spacial score (nSPS) is 32.9. The van der Waals surface area contributed by atoms with Crippen LogP contribution in [0.3, 0.4) is 0 Å². The lowest BCUT2D eigenvalue weighted by Crippen LogP contribution is -2.65. The third-order valence-electron chi connectivity index (χ3n) is 3.26. The third-order valence-corrected chi connectivity index (χ3v) is 6.20. The van der Waals surface area contributed by atoms with Crippen molar-refractivity contribution in [2.75, 3.05) is 6.61 Å². The summed E-state index contributed by atoms with van der Waals surface area (Å²) in [7, 11) is -5.78. The van der Waals surface area contributed by atoms with Crippen LogP contribution in [0.15, 0.2) is 0 Å². The average Bonchev–Trinajstić information content (AvgIpc) is 2.32. The molecular weight excluding hydrogens is 360 g/mol. The van der Waals surface area contributed by atoms with E-state index in [-0.39, 0.29) is 6.61 Å². The van der Waals surface area contributed by atoms with Crippen LogP contribution in [-0.4, -0.2) is 72.5 Å². The van der Waals surface area contributed by atoms with Crippen LogP contribution in [0.25, 0.3) is 0 Å². The van der Waals surface area contributed by atoms with Crippen LogP contribution < -0.4 is 0 Å². The van der Waals surface area contributed by atoms with E-state index in [1.165, 1.54) is 0 Å². The van der Waals surface area contributed by atoms with Crippen molar-refractivity contribution in [1.82, 2.24) is 0 Å². The number of aliphatic hydroxyl groups excluding tert-OH is 2. The topological polar surface area (TPSA) is 77.4 Å².